The normalized spacial score (nSPS) is 10.9. The molecule has 3 rings (SSSR count). The zero-order valence-corrected chi connectivity index (χ0v) is 12.1. The van der Waals surface area contributed by atoms with Crippen molar-refractivity contribution in [1.29, 1.82) is 0 Å². The second kappa shape index (κ2) is 5.18. The number of ether oxygens (including phenoxy) is 1. The van der Waals surface area contributed by atoms with Crippen LogP contribution >= 0.6 is 11.3 Å². The monoisotopic (exact) mass is 300 g/mol. The molecule has 4 nitrogen and oxygen atoms in total. The lowest BCUT2D eigenvalue weighted by Gasteiger charge is -2.08. The van der Waals surface area contributed by atoms with E-state index in [9.17, 15) is 9.59 Å². The van der Waals surface area contributed by atoms with Gasteiger partial charge >= 0.3 is 5.97 Å². The highest BCUT2D eigenvalue weighted by atomic mass is 32.1. The fraction of sp³-hybridized carbons (Fsp3) is 0.125. The molecule has 0 aliphatic rings. The molecule has 0 unspecified atom stereocenters. The number of rotatable bonds is 3. The van der Waals surface area contributed by atoms with Crippen molar-refractivity contribution in [2.45, 2.75) is 6.92 Å². The van der Waals surface area contributed by atoms with Gasteiger partial charge in [0.15, 0.2) is 12.0 Å². The van der Waals surface area contributed by atoms with Crippen LogP contribution in [0.15, 0.2) is 41.2 Å². The van der Waals surface area contributed by atoms with Crippen LogP contribution in [0.4, 0.5) is 0 Å². The van der Waals surface area contributed by atoms with Gasteiger partial charge in [0, 0.05) is 20.2 Å². The number of carbonyl (C=O) groups is 1. The quantitative estimate of drug-likeness (QED) is 0.755. The fourth-order valence-electron chi connectivity index (χ4n) is 2.27. The van der Waals surface area contributed by atoms with Gasteiger partial charge in [0.25, 0.3) is 0 Å². The van der Waals surface area contributed by atoms with Crippen molar-refractivity contribution in [3.8, 4) is 5.75 Å². The minimum absolute atomic E-state index is 0.0526. The smallest absolute Gasteiger partial charge is 0.341 e. The van der Waals surface area contributed by atoms with Crippen molar-refractivity contribution in [1.82, 2.24) is 0 Å². The van der Waals surface area contributed by atoms with Crippen molar-refractivity contribution in [2.24, 2.45) is 0 Å². The summed E-state index contributed by atoms with van der Waals surface area (Å²) in [4.78, 5) is 23.1. The standard InChI is InChI=1S/C16H12O4S/c1-9-6-10(20-8-14(17)18)7-12-15(19)11-4-2-3-5-13(11)21-16(9)12/h2-7H,8H2,1H3,(H,17,18). The Labute approximate surface area is 124 Å². The molecular formula is C16H12O4S. The third kappa shape index (κ3) is 2.48. The molecule has 1 heterocycles. The largest absolute Gasteiger partial charge is 0.482 e. The summed E-state index contributed by atoms with van der Waals surface area (Å²) in [6.45, 7) is 1.47. The van der Waals surface area contributed by atoms with Crippen LogP contribution < -0.4 is 10.2 Å². The molecule has 1 aromatic heterocycles. The number of aryl methyl sites for hydroxylation is 1. The van der Waals surface area contributed by atoms with Crippen LogP contribution in [-0.2, 0) is 4.79 Å². The van der Waals surface area contributed by atoms with E-state index in [4.69, 9.17) is 9.84 Å². The summed E-state index contributed by atoms with van der Waals surface area (Å²) < 4.78 is 7.04. The van der Waals surface area contributed by atoms with Gasteiger partial charge in [-0.1, -0.05) is 12.1 Å². The van der Waals surface area contributed by atoms with Crippen molar-refractivity contribution in [3.63, 3.8) is 0 Å². The first-order valence-corrected chi connectivity index (χ1v) is 7.19. The minimum Gasteiger partial charge on any atom is -0.482 e. The number of carboxylic acid groups (broad SMARTS) is 1. The van der Waals surface area contributed by atoms with Gasteiger partial charge in [-0.2, -0.15) is 0 Å². The second-order valence-electron chi connectivity index (χ2n) is 4.73. The molecule has 0 aliphatic carbocycles. The molecular weight excluding hydrogens is 288 g/mol. The zero-order valence-electron chi connectivity index (χ0n) is 11.3. The Morgan fingerprint density at radius 2 is 2.00 bits per heavy atom. The van der Waals surface area contributed by atoms with Gasteiger partial charge in [0.05, 0.1) is 0 Å². The van der Waals surface area contributed by atoms with Gasteiger partial charge in [-0.25, -0.2) is 4.79 Å². The zero-order chi connectivity index (χ0) is 15.0. The number of hydrogen-bond acceptors (Lipinski definition) is 4. The van der Waals surface area contributed by atoms with E-state index in [0.717, 1.165) is 15.0 Å². The van der Waals surface area contributed by atoms with E-state index >= 15 is 0 Å². The van der Waals surface area contributed by atoms with E-state index in [-0.39, 0.29) is 5.43 Å². The predicted octanol–water partition coefficient (Wildman–Crippen LogP) is 3.19. The van der Waals surface area contributed by atoms with Crippen LogP contribution in [0.25, 0.3) is 20.2 Å². The number of benzene rings is 2. The summed E-state index contributed by atoms with van der Waals surface area (Å²) in [5, 5.41) is 9.91. The highest BCUT2D eigenvalue weighted by Gasteiger charge is 2.10. The molecule has 0 saturated carbocycles. The topological polar surface area (TPSA) is 63.6 Å². The maximum Gasteiger partial charge on any atom is 0.341 e. The first-order valence-electron chi connectivity index (χ1n) is 6.37. The molecule has 0 aliphatic heterocycles. The molecule has 0 radical (unpaired) electrons. The van der Waals surface area contributed by atoms with Crippen LogP contribution in [0.3, 0.4) is 0 Å². The van der Waals surface area contributed by atoms with E-state index in [1.807, 2.05) is 25.1 Å². The Bertz CT molecular complexity index is 911. The maximum atomic E-state index is 12.6. The number of aliphatic carboxylic acids is 1. The molecule has 0 amide bonds. The molecule has 106 valence electrons. The summed E-state index contributed by atoms with van der Waals surface area (Å²) in [5.41, 5.74) is 0.851. The minimum atomic E-state index is -1.04. The van der Waals surface area contributed by atoms with Gasteiger partial charge in [-0.3, -0.25) is 4.79 Å². The van der Waals surface area contributed by atoms with Crippen LogP contribution in [0, 0.1) is 6.92 Å². The van der Waals surface area contributed by atoms with E-state index in [0.29, 0.717) is 16.5 Å². The highest BCUT2D eigenvalue weighted by Crippen LogP contribution is 2.30. The third-order valence-electron chi connectivity index (χ3n) is 3.20. The number of hydrogen-bond donors (Lipinski definition) is 1. The summed E-state index contributed by atoms with van der Waals surface area (Å²) in [5.74, 6) is -0.640. The molecule has 3 aromatic rings. The van der Waals surface area contributed by atoms with Crippen LogP contribution in [0.1, 0.15) is 5.56 Å². The van der Waals surface area contributed by atoms with Crippen LogP contribution in [-0.4, -0.2) is 17.7 Å². The molecule has 5 heteroatoms. The van der Waals surface area contributed by atoms with E-state index in [2.05, 4.69) is 0 Å². The summed E-state index contributed by atoms with van der Waals surface area (Å²) >= 11 is 1.55. The number of fused-ring (bicyclic) bond motifs is 2. The number of carboxylic acids is 1. The molecule has 1 N–H and O–H groups in total. The lowest BCUT2D eigenvalue weighted by atomic mass is 10.1. The first-order chi connectivity index (χ1) is 10.1. The van der Waals surface area contributed by atoms with Gasteiger partial charge in [-0.15, -0.1) is 11.3 Å². The van der Waals surface area contributed by atoms with Gasteiger partial charge in [-0.05, 0) is 36.8 Å². The van der Waals surface area contributed by atoms with Crippen molar-refractivity contribution in [3.05, 3.63) is 52.2 Å². The third-order valence-corrected chi connectivity index (χ3v) is 4.52. The SMILES string of the molecule is Cc1cc(OCC(=O)O)cc2c(=O)c3ccccc3sc12. The molecule has 2 aromatic carbocycles. The van der Waals surface area contributed by atoms with Crippen LogP contribution in [0.5, 0.6) is 5.75 Å². The van der Waals surface area contributed by atoms with E-state index < -0.39 is 12.6 Å². The van der Waals surface area contributed by atoms with E-state index in [1.165, 1.54) is 0 Å². The highest BCUT2D eigenvalue weighted by molar-refractivity contribution is 7.24. The van der Waals surface area contributed by atoms with Gasteiger partial charge in [0.2, 0.25) is 0 Å². The Morgan fingerprint density at radius 1 is 1.24 bits per heavy atom. The molecule has 0 atom stereocenters. The van der Waals surface area contributed by atoms with Crippen molar-refractivity contribution >= 4 is 37.5 Å². The predicted molar refractivity (Wildman–Crippen MR) is 83.5 cm³/mol. The summed E-state index contributed by atoms with van der Waals surface area (Å²) in [7, 11) is 0. The summed E-state index contributed by atoms with van der Waals surface area (Å²) in [6.07, 6.45) is 0. The van der Waals surface area contributed by atoms with Gasteiger partial charge in [0.1, 0.15) is 5.75 Å². The Kier molecular flexibility index (Phi) is 3.35. The second-order valence-corrected chi connectivity index (χ2v) is 5.78. The Morgan fingerprint density at radius 3 is 2.76 bits per heavy atom. The molecule has 0 fully saturated rings. The lowest BCUT2D eigenvalue weighted by Crippen LogP contribution is -2.10. The Balaban J connectivity index is 2.26. The fourth-order valence-corrected chi connectivity index (χ4v) is 3.39. The molecule has 0 saturated heterocycles. The molecule has 0 bridgehead atoms. The van der Waals surface area contributed by atoms with Crippen LogP contribution in [0.2, 0.25) is 0 Å². The van der Waals surface area contributed by atoms with Crippen molar-refractivity contribution in [2.75, 3.05) is 6.61 Å². The van der Waals surface area contributed by atoms with E-state index in [1.54, 1.807) is 29.5 Å². The summed E-state index contributed by atoms with van der Waals surface area (Å²) in [6, 6.07) is 10.8. The average Bonchev–Trinajstić information content (AvgIpc) is 2.47. The molecule has 21 heavy (non-hydrogen) atoms. The van der Waals surface area contributed by atoms with Crippen molar-refractivity contribution < 1.29 is 14.6 Å². The Hall–Kier alpha value is -2.40. The molecule has 0 spiro atoms. The maximum absolute atomic E-state index is 12.6. The lowest BCUT2D eigenvalue weighted by molar-refractivity contribution is -0.139. The van der Waals surface area contributed by atoms with Gasteiger partial charge < -0.3 is 9.84 Å². The first kappa shape index (κ1) is 13.6. The average molecular weight is 300 g/mol.